The molecule has 118 valence electrons. The monoisotopic (exact) mass is 302 g/mol. The summed E-state index contributed by atoms with van der Waals surface area (Å²) in [5.74, 6) is 1.61. The minimum Gasteiger partial charge on any atom is -0.493 e. The molecule has 0 radical (unpaired) electrons. The van der Waals surface area contributed by atoms with E-state index in [4.69, 9.17) is 10.3 Å². The second kappa shape index (κ2) is 7.71. The largest absolute Gasteiger partial charge is 0.493 e. The molecule has 1 fully saturated rings. The molecule has 2 rings (SSSR count). The third-order valence-corrected chi connectivity index (χ3v) is 3.58. The van der Waals surface area contributed by atoms with E-state index in [9.17, 15) is 4.79 Å². The van der Waals surface area contributed by atoms with Crippen molar-refractivity contribution in [3.05, 3.63) is 40.3 Å². The Bertz CT molecular complexity index is 550. The smallest absolute Gasteiger partial charge is 0.223 e. The van der Waals surface area contributed by atoms with Crippen LogP contribution >= 0.6 is 0 Å². The summed E-state index contributed by atoms with van der Waals surface area (Å²) in [6.07, 6.45) is 0.467. The first-order chi connectivity index (χ1) is 10.6. The van der Waals surface area contributed by atoms with E-state index in [-0.39, 0.29) is 11.8 Å². The molecule has 1 amide bonds. The summed E-state index contributed by atoms with van der Waals surface area (Å²) in [7, 11) is 0. The second-order valence-electron chi connectivity index (χ2n) is 6.11. The normalized spacial score (nSPS) is 17.7. The molecule has 6 nitrogen and oxygen atoms in total. The summed E-state index contributed by atoms with van der Waals surface area (Å²) in [5, 5.41) is 3.56. The van der Waals surface area contributed by atoms with Crippen LogP contribution in [0, 0.1) is 11.8 Å². The van der Waals surface area contributed by atoms with Gasteiger partial charge in [-0.3, -0.25) is 4.79 Å². The lowest BCUT2D eigenvalue weighted by Gasteiger charge is -2.17. The maximum absolute atomic E-state index is 12.0. The number of azide groups is 1. The molecule has 1 aromatic rings. The fourth-order valence-corrected chi connectivity index (χ4v) is 2.46. The first kappa shape index (κ1) is 16.2. The Morgan fingerprint density at radius 2 is 2.14 bits per heavy atom. The van der Waals surface area contributed by atoms with E-state index < -0.39 is 0 Å². The van der Waals surface area contributed by atoms with Crippen molar-refractivity contribution in [1.29, 1.82) is 0 Å². The summed E-state index contributed by atoms with van der Waals surface area (Å²) in [6.45, 7) is 6.56. The van der Waals surface area contributed by atoms with Crippen molar-refractivity contribution < 1.29 is 9.53 Å². The quantitative estimate of drug-likeness (QED) is 0.439. The maximum Gasteiger partial charge on any atom is 0.223 e. The summed E-state index contributed by atoms with van der Waals surface area (Å²) in [5.41, 5.74) is 9.42. The van der Waals surface area contributed by atoms with Crippen molar-refractivity contribution in [2.75, 3.05) is 19.7 Å². The SMILES string of the molecule is CC(C)COc1ccc(CN2CC(CN=[N+]=[N-])CC2=O)cc1. The molecule has 0 saturated carbocycles. The lowest BCUT2D eigenvalue weighted by molar-refractivity contribution is -0.128. The molecule has 1 aromatic carbocycles. The van der Waals surface area contributed by atoms with Crippen LogP contribution in [0.3, 0.4) is 0 Å². The van der Waals surface area contributed by atoms with Crippen LogP contribution < -0.4 is 4.74 Å². The van der Waals surface area contributed by atoms with Gasteiger partial charge in [-0.25, -0.2) is 0 Å². The Morgan fingerprint density at radius 3 is 2.77 bits per heavy atom. The number of hydrogen-bond acceptors (Lipinski definition) is 3. The highest BCUT2D eigenvalue weighted by Gasteiger charge is 2.28. The van der Waals surface area contributed by atoms with Crippen molar-refractivity contribution in [1.82, 2.24) is 4.90 Å². The highest BCUT2D eigenvalue weighted by atomic mass is 16.5. The standard InChI is InChI=1S/C16H22N4O2/c1-12(2)11-22-15-5-3-13(4-6-15)9-20-10-14(7-16(20)21)8-18-19-17/h3-6,12,14H,7-11H2,1-2H3. The Hall–Kier alpha value is -2.20. The van der Waals surface area contributed by atoms with Crippen LogP contribution in [-0.2, 0) is 11.3 Å². The first-order valence-electron chi connectivity index (χ1n) is 7.59. The molecule has 0 spiro atoms. The lowest BCUT2D eigenvalue weighted by atomic mass is 10.1. The molecule has 0 bridgehead atoms. The highest BCUT2D eigenvalue weighted by molar-refractivity contribution is 5.78. The van der Waals surface area contributed by atoms with Gasteiger partial charge in [-0.15, -0.1) is 0 Å². The fourth-order valence-electron chi connectivity index (χ4n) is 2.46. The van der Waals surface area contributed by atoms with Gasteiger partial charge in [0.1, 0.15) is 5.75 Å². The molecule has 0 aliphatic carbocycles. The van der Waals surface area contributed by atoms with Crippen molar-refractivity contribution >= 4 is 5.91 Å². The molecular formula is C16H22N4O2. The maximum atomic E-state index is 12.0. The Kier molecular flexibility index (Phi) is 5.67. The molecule has 1 aliphatic heterocycles. The van der Waals surface area contributed by atoms with Crippen LogP contribution in [0.15, 0.2) is 29.4 Å². The molecule has 6 heteroatoms. The van der Waals surface area contributed by atoms with Gasteiger partial charge in [-0.05, 0) is 35.1 Å². The van der Waals surface area contributed by atoms with E-state index in [1.165, 1.54) is 0 Å². The van der Waals surface area contributed by atoms with E-state index in [2.05, 4.69) is 23.9 Å². The molecule has 1 heterocycles. The third kappa shape index (κ3) is 4.67. The van der Waals surface area contributed by atoms with Gasteiger partial charge < -0.3 is 9.64 Å². The number of likely N-dealkylation sites (tertiary alicyclic amines) is 1. The third-order valence-electron chi connectivity index (χ3n) is 3.58. The van der Waals surface area contributed by atoms with Gasteiger partial charge in [-0.2, -0.15) is 0 Å². The van der Waals surface area contributed by atoms with Gasteiger partial charge in [0.25, 0.3) is 0 Å². The van der Waals surface area contributed by atoms with Crippen molar-refractivity contribution in [2.45, 2.75) is 26.8 Å². The number of carbonyl (C=O) groups is 1. The molecule has 1 unspecified atom stereocenters. The van der Waals surface area contributed by atoms with Gasteiger partial charge in [0, 0.05) is 31.0 Å². The zero-order chi connectivity index (χ0) is 15.9. The number of rotatable bonds is 7. The molecule has 1 aliphatic rings. The number of nitrogens with zero attached hydrogens (tertiary/aromatic N) is 4. The predicted molar refractivity (Wildman–Crippen MR) is 84.3 cm³/mol. The van der Waals surface area contributed by atoms with E-state index in [0.717, 1.165) is 11.3 Å². The topological polar surface area (TPSA) is 78.3 Å². The molecule has 1 saturated heterocycles. The van der Waals surface area contributed by atoms with E-state index in [1.807, 2.05) is 29.2 Å². The zero-order valence-electron chi connectivity index (χ0n) is 13.1. The minimum atomic E-state index is 0.123. The van der Waals surface area contributed by atoms with Crippen molar-refractivity contribution in [2.24, 2.45) is 17.0 Å². The van der Waals surface area contributed by atoms with Crippen LogP contribution in [0.25, 0.3) is 10.4 Å². The Morgan fingerprint density at radius 1 is 1.41 bits per heavy atom. The molecule has 0 aromatic heterocycles. The highest BCUT2D eigenvalue weighted by Crippen LogP contribution is 2.21. The molecule has 0 N–H and O–H groups in total. The average Bonchev–Trinajstić information content (AvgIpc) is 2.84. The van der Waals surface area contributed by atoms with E-state index >= 15 is 0 Å². The molecule has 1 atom stereocenters. The number of amides is 1. The summed E-state index contributed by atoms with van der Waals surface area (Å²) in [4.78, 5) is 16.5. The van der Waals surface area contributed by atoms with E-state index in [0.29, 0.717) is 38.6 Å². The van der Waals surface area contributed by atoms with Crippen molar-refractivity contribution in [3.8, 4) is 5.75 Å². The van der Waals surface area contributed by atoms with Gasteiger partial charge >= 0.3 is 0 Å². The lowest BCUT2D eigenvalue weighted by Crippen LogP contribution is -2.24. The summed E-state index contributed by atoms with van der Waals surface area (Å²) >= 11 is 0. The van der Waals surface area contributed by atoms with Crippen LogP contribution in [0.5, 0.6) is 5.75 Å². The van der Waals surface area contributed by atoms with Crippen LogP contribution in [0.4, 0.5) is 0 Å². The zero-order valence-corrected chi connectivity index (χ0v) is 13.1. The fraction of sp³-hybridized carbons (Fsp3) is 0.562. The first-order valence-corrected chi connectivity index (χ1v) is 7.59. The van der Waals surface area contributed by atoms with Crippen LogP contribution in [0.2, 0.25) is 0 Å². The predicted octanol–water partition coefficient (Wildman–Crippen LogP) is 3.38. The van der Waals surface area contributed by atoms with Crippen LogP contribution in [0.1, 0.15) is 25.8 Å². The van der Waals surface area contributed by atoms with Gasteiger partial charge in [-0.1, -0.05) is 31.1 Å². The van der Waals surface area contributed by atoms with Gasteiger partial charge in [0.15, 0.2) is 0 Å². The molecular weight excluding hydrogens is 280 g/mol. The number of carbonyl (C=O) groups excluding carboxylic acids is 1. The van der Waals surface area contributed by atoms with Gasteiger partial charge in [0.05, 0.1) is 6.61 Å². The second-order valence-corrected chi connectivity index (χ2v) is 6.11. The van der Waals surface area contributed by atoms with Gasteiger partial charge in [0.2, 0.25) is 5.91 Å². The van der Waals surface area contributed by atoms with Crippen molar-refractivity contribution in [3.63, 3.8) is 0 Å². The number of benzene rings is 1. The summed E-state index contributed by atoms with van der Waals surface area (Å²) < 4.78 is 5.65. The molecule has 22 heavy (non-hydrogen) atoms. The van der Waals surface area contributed by atoms with Crippen LogP contribution in [-0.4, -0.2) is 30.5 Å². The average molecular weight is 302 g/mol. The number of hydrogen-bond donors (Lipinski definition) is 0. The Labute approximate surface area is 130 Å². The Balaban J connectivity index is 1.88. The van der Waals surface area contributed by atoms with E-state index in [1.54, 1.807) is 0 Å². The number of ether oxygens (including phenoxy) is 1. The summed E-state index contributed by atoms with van der Waals surface area (Å²) in [6, 6.07) is 7.86. The minimum absolute atomic E-state index is 0.123.